The Balaban J connectivity index is 0.000000471. The smallest absolute Gasteiger partial charge is 0.338 e. The van der Waals surface area contributed by atoms with Crippen LogP contribution in [0.25, 0.3) is 0 Å². The van der Waals surface area contributed by atoms with E-state index >= 15 is 0 Å². The molecule has 1 saturated carbocycles. The van der Waals surface area contributed by atoms with Gasteiger partial charge in [0.05, 0.1) is 37.6 Å². The van der Waals surface area contributed by atoms with Crippen molar-refractivity contribution in [1.29, 1.82) is 0 Å². The lowest BCUT2D eigenvalue weighted by atomic mass is 9.80. The first-order valence-corrected chi connectivity index (χ1v) is 8.31. The van der Waals surface area contributed by atoms with Gasteiger partial charge >= 0.3 is 11.9 Å². The second kappa shape index (κ2) is 9.39. The molecule has 132 valence electrons. The standard InChI is InChI=1S/C16H18O4.C2H6O2/c17-15-11-5-7-12(8-6-11)16(18)20-10-14-4-2-1-3-13(14)9-19-15;3-1-2-4/h5-8,13-14H,1-4,9-10H2;3-4H,1-2H2. The van der Waals surface area contributed by atoms with Gasteiger partial charge in [0.15, 0.2) is 0 Å². The molecule has 0 radical (unpaired) electrons. The average molecular weight is 336 g/mol. The molecule has 1 aromatic rings. The summed E-state index contributed by atoms with van der Waals surface area (Å²) >= 11 is 0. The Labute approximate surface area is 141 Å². The highest BCUT2D eigenvalue weighted by atomic mass is 16.5. The molecule has 2 bridgehead atoms. The lowest BCUT2D eigenvalue weighted by Gasteiger charge is -2.31. The molecule has 2 unspecified atom stereocenters. The van der Waals surface area contributed by atoms with Crippen molar-refractivity contribution in [2.24, 2.45) is 11.8 Å². The Hall–Kier alpha value is -1.92. The van der Waals surface area contributed by atoms with Crippen LogP contribution in [0.2, 0.25) is 0 Å². The largest absolute Gasteiger partial charge is 0.462 e. The number of aliphatic hydroxyl groups is 2. The van der Waals surface area contributed by atoms with Gasteiger partial charge in [0, 0.05) is 0 Å². The van der Waals surface area contributed by atoms with Crippen molar-refractivity contribution in [3.05, 3.63) is 35.4 Å². The van der Waals surface area contributed by atoms with Crippen molar-refractivity contribution < 1.29 is 29.3 Å². The summed E-state index contributed by atoms with van der Waals surface area (Å²) in [4.78, 5) is 23.9. The minimum atomic E-state index is -0.310. The lowest BCUT2D eigenvalue weighted by Crippen LogP contribution is -2.30. The van der Waals surface area contributed by atoms with Crippen molar-refractivity contribution in [1.82, 2.24) is 0 Å². The Morgan fingerprint density at radius 2 is 1.17 bits per heavy atom. The van der Waals surface area contributed by atoms with Crippen molar-refractivity contribution in [2.75, 3.05) is 26.4 Å². The summed E-state index contributed by atoms with van der Waals surface area (Å²) in [5.74, 6) is -0.0151. The van der Waals surface area contributed by atoms with Gasteiger partial charge < -0.3 is 19.7 Å². The zero-order valence-corrected chi connectivity index (χ0v) is 13.6. The van der Waals surface area contributed by atoms with Crippen LogP contribution in [-0.4, -0.2) is 48.6 Å². The molecule has 0 spiro atoms. The fraction of sp³-hybridized carbons (Fsp3) is 0.556. The van der Waals surface area contributed by atoms with E-state index in [0.717, 1.165) is 25.7 Å². The normalized spacial score (nSPS) is 23.6. The number of rotatable bonds is 1. The number of fused-ring (bicyclic) bond motifs is 6. The molecule has 1 aliphatic carbocycles. The van der Waals surface area contributed by atoms with Crippen LogP contribution >= 0.6 is 0 Å². The molecule has 6 nitrogen and oxygen atoms in total. The number of benzene rings is 1. The minimum Gasteiger partial charge on any atom is -0.462 e. The van der Waals surface area contributed by atoms with Crippen LogP contribution in [0.5, 0.6) is 0 Å². The maximum absolute atomic E-state index is 12.0. The first-order chi connectivity index (χ1) is 11.7. The molecule has 2 aliphatic heterocycles. The van der Waals surface area contributed by atoms with Gasteiger partial charge in [-0.3, -0.25) is 0 Å². The Kier molecular flexibility index (Phi) is 7.21. The molecule has 3 aliphatic rings. The predicted molar refractivity (Wildman–Crippen MR) is 86.6 cm³/mol. The molecular weight excluding hydrogens is 312 g/mol. The summed E-state index contributed by atoms with van der Waals surface area (Å²) in [5, 5.41) is 15.2. The summed E-state index contributed by atoms with van der Waals surface area (Å²) in [6.45, 7) is 0.589. The fourth-order valence-corrected chi connectivity index (χ4v) is 3.00. The second-order valence-corrected chi connectivity index (χ2v) is 6.03. The third kappa shape index (κ3) is 5.04. The van der Waals surface area contributed by atoms with Crippen LogP contribution in [0.4, 0.5) is 0 Å². The van der Waals surface area contributed by atoms with Gasteiger partial charge in [-0.25, -0.2) is 9.59 Å². The molecule has 2 N–H and O–H groups in total. The van der Waals surface area contributed by atoms with E-state index in [1.54, 1.807) is 24.3 Å². The van der Waals surface area contributed by atoms with Crippen molar-refractivity contribution >= 4 is 11.9 Å². The molecule has 0 saturated heterocycles. The highest BCUT2D eigenvalue weighted by Crippen LogP contribution is 2.31. The number of hydrogen-bond donors (Lipinski definition) is 2. The number of ether oxygens (including phenoxy) is 2. The zero-order chi connectivity index (χ0) is 17.4. The van der Waals surface area contributed by atoms with Crippen LogP contribution in [0, 0.1) is 11.8 Å². The summed E-state index contributed by atoms with van der Waals surface area (Å²) < 4.78 is 10.8. The average Bonchev–Trinajstić information content (AvgIpc) is 2.64. The van der Waals surface area contributed by atoms with E-state index in [1.165, 1.54) is 0 Å². The van der Waals surface area contributed by atoms with Crippen molar-refractivity contribution in [3.63, 3.8) is 0 Å². The fourth-order valence-electron chi connectivity index (χ4n) is 3.00. The van der Waals surface area contributed by atoms with E-state index in [0.29, 0.717) is 36.2 Å². The van der Waals surface area contributed by atoms with Crippen molar-refractivity contribution in [3.8, 4) is 0 Å². The van der Waals surface area contributed by atoms with Crippen LogP contribution in [0.15, 0.2) is 24.3 Å². The van der Waals surface area contributed by atoms with Crippen LogP contribution in [-0.2, 0) is 9.47 Å². The molecular formula is C18H24O6. The molecule has 0 aromatic heterocycles. The van der Waals surface area contributed by atoms with E-state index in [2.05, 4.69) is 0 Å². The zero-order valence-electron chi connectivity index (χ0n) is 13.6. The number of carbonyl (C=O) groups is 2. The van der Waals surface area contributed by atoms with Gasteiger partial charge in [-0.2, -0.15) is 0 Å². The highest BCUT2D eigenvalue weighted by molar-refractivity contribution is 5.93. The predicted octanol–water partition coefficient (Wildman–Crippen LogP) is 1.79. The summed E-state index contributed by atoms with van der Waals surface area (Å²) in [5.41, 5.74) is 0.962. The lowest BCUT2D eigenvalue weighted by molar-refractivity contribution is 0.0134. The Bertz CT molecular complexity index is 490. The third-order valence-corrected chi connectivity index (χ3v) is 4.38. The molecule has 2 atom stereocenters. The Morgan fingerprint density at radius 1 is 0.792 bits per heavy atom. The molecule has 0 amide bonds. The minimum absolute atomic E-state index is 0.125. The molecule has 24 heavy (non-hydrogen) atoms. The van der Waals surface area contributed by atoms with Gasteiger partial charge in [-0.1, -0.05) is 12.8 Å². The first kappa shape index (κ1) is 18.4. The van der Waals surface area contributed by atoms with Gasteiger partial charge in [-0.05, 0) is 48.9 Å². The number of esters is 2. The SMILES string of the molecule is O=C1OCC2CCCCC2COC(=O)c2ccc1cc2.OCCO. The van der Waals surface area contributed by atoms with Crippen LogP contribution in [0.1, 0.15) is 46.4 Å². The van der Waals surface area contributed by atoms with Gasteiger partial charge in [0.1, 0.15) is 0 Å². The van der Waals surface area contributed by atoms with E-state index in [-0.39, 0.29) is 25.2 Å². The van der Waals surface area contributed by atoms with E-state index < -0.39 is 0 Å². The van der Waals surface area contributed by atoms with Crippen LogP contribution < -0.4 is 0 Å². The maximum atomic E-state index is 12.0. The van der Waals surface area contributed by atoms with Crippen LogP contribution in [0.3, 0.4) is 0 Å². The molecule has 1 fully saturated rings. The quantitative estimate of drug-likeness (QED) is 0.760. The van der Waals surface area contributed by atoms with Gasteiger partial charge in [-0.15, -0.1) is 0 Å². The second-order valence-electron chi connectivity index (χ2n) is 6.03. The monoisotopic (exact) mass is 336 g/mol. The molecule has 1 aromatic carbocycles. The summed E-state index contributed by atoms with van der Waals surface area (Å²) in [6.07, 6.45) is 4.38. The van der Waals surface area contributed by atoms with E-state index in [9.17, 15) is 9.59 Å². The topological polar surface area (TPSA) is 93.1 Å². The van der Waals surface area contributed by atoms with E-state index in [1.807, 2.05) is 0 Å². The highest BCUT2D eigenvalue weighted by Gasteiger charge is 2.28. The summed E-state index contributed by atoms with van der Waals surface area (Å²) in [7, 11) is 0. The van der Waals surface area contributed by atoms with Crippen molar-refractivity contribution in [2.45, 2.75) is 25.7 Å². The third-order valence-electron chi connectivity index (χ3n) is 4.38. The maximum Gasteiger partial charge on any atom is 0.338 e. The van der Waals surface area contributed by atoms with Gasteiger partial charge in [0.25, 0.3) is 0 Å². The van der Waals surface area contributed by atoms with Gasteiger partial charge in [0.2, 0.25) is 0 Å². The molecule has 2 heterocycles. The number of aliphatic hydroxyl groups excluding tert-OH is 2. The number of hydrogen-bond acceptors (Lipinski definition) is 6. The Morgan fingerprint density at radius 3 is 1.50 bits per heavy atom. The molecule has 6 heteroatoms. The molecule has 4 rings (SSSR count). The first-order valence-electron chi connectivity index (χ1n) is 8.31. The van der Waals surface area contributed by atoms with E-state index in [4.69, 9.17) is 19.7 Å². The summed E-state index contributed by atoms with van der Waals surface area (Å²) in [6, 6.07) is 6.44. The number of carbonyl (C=O) groups excluding carboxylic acids is 2.